The van der Waals surface area contributed by atoms with Crippen molar-refractivity contribution in [3.05, 3.63) is 95.8 Å². The van der Waals surface area contributed by atoms with E-state index in [0.29, 0.717) is 12.1 Å². The third-order valence-electron chi connectivity index (χ3n) is 4.28. The van der Waals surface area contributed by atoms with Crippen LogP contribution in [0.4, 0.5) is 0 Å². The maximum atomic E-state index is 12.7. The van der Waals surface area contributed by atoms with Gasteiger partial charge in [0.25, 0.3) is 5.91 Å². The van der Waals surface area contributed by atoms with E-state index in [2.05, 4.69) is 10.3 Å². The van der Waals surface area contributed by atoms with Crippen LogP contribution in [0.25, 0.3) is 0 Å². The van der Waals surface area contributed by atoms with E-state index in [-0.39, 0.29) is 17.3 Å². The highest BCUT2D eigenvalue weighted by molar-refractivity contribution is 7.89. The number of hydrogen-bond donors (Lipinski definition) is 1. The molecule has 0 fully saturated rings. The van der Waals surface area contributed by atoms with Crippen LogP contribution in [0.1, 0.15) is 21.5 Å². The molecule has 0 bridgehead atoms. The Kier molecular flexibility index (Phi) is 6.18. The lowest BCUT2D eigenvalue weighted by atomic mass is 10.2. The van der Waals surface area contributed by atoms with Crippen LogP contribution in [0.2, 0.25) is 0 Å². The fraction of sp³-hybridized carbons (Fsp3) is 0.143. The van der Waals surface area contributed by atoms with Gasteiger partial charge in [0.1, 0.15) is 0 Å². The number of rotatable bonds is 7. The van der Waals surface area contributed by atoms with Gasteiger partial charge in [0.05, 0.1) is 4.90 Å². The van der Waals surface area contributed by atoms with Gasteiger partial charge >= 0.3 is 0 Å². The number of aromatic nitrogens is 1. The second kappa shape index (κ2) is 8.77. The molecule has 1 heterocycles. The Hall–Kier alpha value is -3.03. The molecule has 1 N–H and O–H groups in total. The monoisotopic (exact) mass is 395 g/mol. The third kappa shape index (κ3) is 4.82. The van der Waals surface area contributed by atoms with E-state index in [0.717, 1.165) is 11.1 Å². The van der Waals surface area contributed by atoms with Gasteiger partial charge in [0, 0.05) is 38.1 Å². The molecular weight excluding hydrogens is 374 g/mol. The zero-order valence-electron chi connectivity index (χ0n) is 15.4. The number of benzene rings is 2. The number of carbonyl (C=O) groups excluding carboxylic acids is 1. The summed E-state index contributed by atoms with van der Waals surface area (Å²) in [5.41, 5.74) is 2.24. The fourth-order valence-electron chi connectivity index (χ4n) is 2.67. The lowest BCUT2D eigenvalue weighted by Crippen LogP contribution is -2.27. The van der Waals surface area contributed by atoms with Gasteiger partial charge in [-0.05, 0) is 47.5 Å². The Morgan fingerprint density at radius 3 is 2.21 bits per heavy atom. The number of carbonyl (C=O) groups is 1. The Morgan fingerprint density at radius 2 is 1.57 bits per heavy atom. The van der Waals surface area contributed by atoms with Crippen LogP contribution in [0.5, 0.6) is 0 Å². The van der Waals surface area contributed by atoms with E-state index in [9.17, 15) is 13.2 Å². The highest BCUT2D eigenvalue weighted by atomic mass is 32.2. The van der Waals surface area contributed by atoms with Crippen LogP contribution < -0.4 is 5.32 Å². The van der Waals surface area contributed by atoms with E-state index in [1.165, 1.54) is 35.6 Å². The molecule has 1 amide bonds. The molecule has 0 spiro atoms. The summed E-state index contributed by atoms with van der Waals surface area (Å²) >= 11 is 0. The summed E-state index contributed by atoms with van der Waals surface area (Å²) in [5, 5.41) is 2.80. The lowest BCUT2D eigenvalue weighted by molar-refractivity contribution is 0.0951. The van der Waals surface area contributed by atoms with Crippen molar-refractivity contribution in [1.82, 2.24) is 14.6 Å². The summed E-state index contributed by atoms with van der Waals surface area (Å²) in [6, 6.07) is 19.0. The first kappa shape index (κ1) is 19.7. The first-order valence-electron chi connectivity index (χ1n) is 8.74. The molecule has 2 aromatic carbocycles. The number of pyridine rings is 1. The van der Waals surface area contributed by atoms with Gasteiger partial charge in [-0.1, -0.05) is 30.3 Å². The van der Waals surface area contributed by atoms with E-state index in [1.54, 1.807) is 12.4 Å². The van der Waals surface area contributed by atoms with Crippen molar-refractivity contribution >= 4 is 15.9 Å². The molecule has 3 rings (SSSR count). The molecule has 0 saturated carbocycles. The maximum absolute atomic E-state index is 12.7. The molecule has 0 radical (unpaired) electrons. The molecule has 144 valence electrons. The Morgan fingerprint density at radius 1 is 0.929 bits per heavy atom. The maximum Gasteiger partial charge on any atom is 0.251 e. The van der Waals surface area contributed by atoms with Gasteiger partial charge in [0.15, 0.2) is 0 Å². The Bertz CT molecular complexity index is 1020. The third-order valence-corrected chi connectivity index (χ3v) is 6.09. The first-order chi connectivity index (χ1) is 13.5. The second-order valence-corrected chi connectivity index (χ2v) is 8.35. The van der Waals surface area contributed by atoms with Crippen molar-refractivity contribution in [3.8, 4) is 0 Å². The molecule has 0 saturated heterocycles. The van der Waals surface area contributed by atoms with Crippen molar-refractivity contribution in [1.29, 1.82) is 0 Å². The molecule has 0 unspecified atom stereocenters. The van der Waals surface area contributed by atoms with Gasteiger partial charge in [-0.25, -0.2) is 8.42 Å². The number of nitrogens with zero attached hydrogens (tertiary/aromatic N) is 2. The van der Waals surface area contributed by atoms with Crippen molar-refractivity contribution < 1.29 is 13.2 Å². The minimum absolute atomic E-state index is 0.150. The number of amides is 1. The minimum atomic E-state index is -3.64. The SMILES string of the molecule is CN(Cc1ccccc1)S(=O)(=O)c1ccc(C(=O)NCc2ccncc2)cc1. The van der Waals surface area contributed by atoms with Crippen LogP contribution in [0.15, 0.2) is 84.0 Å². The normalized spacial score (nSPS) is 11.4. The molecule has 0 atom stereocenters. The van der Waals surface area contributed by atoms with Crippen molar-refractivity contribution in [2.45, 2.75) is 18.0 Å². The van der Waals surface area contributed by atoms with Gasteiger partial charge in [-0.2, -0.15) is 4.31 Å². The predicted molar refractivity (Wildman–Crippen MR) is 107 cm³/mol. The molecular formula is C21H21N3O3S. The standard InChI is InChI=1S/C21H21N3O3S/c1-24(16-18-5-3-2-4-6-18)28(26,27)20-9-7-19(8-10-20)21(25)23-15-17-11-13-22-14-12-17/h2-14H,15-16H2,1H3,(H,23,25). The summed E-state index contributed by atoms with van der Waals surface area (Å²) < 4.78 is 26.8. The first-order valence-corrected chi connectivity index (χ1v) is 10.2. The Labute approximate surface area is 164 Å². The van der Waals surface area contributed by atoms with E-state index >= 15 is 0 Å². The summed E-state index contributed by atoms with van der Waals surface area (Å²) in [6.45, 7) is 0.651. The van der Waals surface area contributed by atoms with Crippen LogP contribution in [-0.2, 0) is 23.1 Å². The van der Waals surface area contributed by atoms with Crippen molar-refractivity contribution in [2.24, 2.45) is 0 Å². The van der Waals surface area contributed by atoms with Gasteiger partial charge in [-0.3, -0.25) is 9.78 Å². The smallest absolute Gasteiger partial charge is 0.251 e. The molecule has 28 heavy (non-hydrogen) atoms. The summed E-state index contributed by atoms with van der Waals surface area (Å²) in [7, 11) is -2.10. The van der Waals surface area contributed by atoms with Gasteiger partial charge in [-0.15, -0.1) is 0 Å². The van der Waals surface area contributed by atoms with Crippen molar-refractivity contribution in [3.63, 3.8) is 0 Å². The average molecular weight is 395 g/mol. The average Bonchev–Trinajstić information content (AvgIpc) is 2.73. The van der Waals surface area contributed by atoms with E-state index in [4.69, 9.17) is 0 Å². The number of nitrogens with one attached hydrogen (secondary N) is 1. The fourth-order valence-corrected chi connectivity index (χ4v) is 3.83. The molecule has 7 heteroatoms. The number of hydrogen-bond acceptors (Lipinski definition) is 4. The topological polar surface area (TPSA) is 79.4 Å². The summed E-state index contributed by atoms with van der Waals surface area (Å²) in [6.07, 6.45) is 3.32. The quantitative estimate of drug-likeness (QED) is 0.667. The largest absolute Gasteiger partial charge is 0.348 e. The zero-order chi connectivity index (χ0) is 20.0. The molecule has 0 aliphatic rings. The van der Waals surface area contributed by atoms with Crippen LogP contribution in [0, 0.1) is 0 Å². The second-order valence-electron chi connectivity index (χ2n) is 6.31. The number of sulfonamides is 1. The highest BCUT2D eigenvalue weighted by Crippen LogP contribution is 2.17. The van der Waals surface area contributed by atoms with Crippen LogP contribution >= 0.6 is 0 Å². The predicted octanol–water partition coefficient (Wildman–Crippen LogP) is 2.83. The molecule has 1 aromatic heterocycles. The van der Waals surface area contributed by atoms with Gasteiger partial charge in [0.2, 0.25) is 10.0 Å². The van der Waals surface area contributed by atoms with Gasteiger partial charge < -0.3 is 5.32 Å². The minimum Gasteiger partial charge on any atom is -0.348 e. The highest BCUT2D eigenvalue weighted by Gasteiger charge is 2.21. The van der Waals surface area contributed by atoms with E-state index in [1.807, 2.05) is 42.5 Å². The molecule has 0 aliphatic carbocycles. The Balaban J connectivity index is 1.66. The van der Waals surface area contributed by atoms with Crippen LogP contribution in [0.3, 0.4) is 0 Å². The molecule has 0 aliphatic heterocycles. The van der Waals surface area contributed by atoms with Crippen LogP contribution in [-0.4, -0.2) is 30.7 Å². The summed E-state index contributed by atoms with van der Waals surface area (Å²) in [4.78, 5) is 16.3. The molecule has 3 aromatic rings. The molecule has 6 nitrogen and oxygen atoms in total. The van der Waals surface area contributed by atoms with Crippen molar-refractivity contribution in [2.75, 3.05) is 7.05 Å². The zero-order valence-corrected chi connectivity index (χ0v) is 16.3. The summed E-state index contributed by atoms with van der Waals surface area (Å²) in [5.74, 6) is -0.265. The lowest BCUT2D eigenvalue weighted by Gasteiger charge is -2.17. The van der Waals surface area contributed by atoms with E-state index < -0.39 is 10.0 Å².